The minimum absolute atomic E-state index is 0.0734. The number of hydrogen-bond acceptors (Lipinski definition) is 5. The van der Waals surface area contributed by atoms with Gasteiger partial charge in [-0.15, -0.1) is 0 Å². The van der Waals surface area contributed by atoms with E-state index in [-0.39, 0.29) is 36.1 Å². The zero-order valence-corrected chi connectivity index (χ0v) is 17.7. The highest BCUT2D eigenvalue weighted by Gasteiger charge is 2.39. The fourth-order valence-corrected chi connectivity index (χ4v) is 3.71. The van der Waals surface area contributed by atoms with Gasteiger partial charge in [0, 0.05) is 25.2 Å². The van der Waals surface area contributed by atoms with Gasteiger partial charge in [0.1, 0.15) is 5.78 Å². The summed E-state index contributed by atoms with van der Waals surface area (Å²) >= 11 is 0. The molecule has 1 unspecified atom stereocenters. The molecule has 0 saturated heterocycles. The Morgan fingerprint density at radius 1 is 1.25 bits per heavy atom. The largest absolute Gasteiger partial charge is 0.463 e. The lowest BCUT2D eigenvalue weighted by Gasteiger charge is -2.16. The van der Waals surface area contributed by atoms with Gasteiger partial charge in [-0.05, 0) is 39.0 Å². The number of ketones is 1. The monoisotopic (exact) mass is 394 g/mol. The van der Waals surface area contributed by atoms with Gasteiger partial charge >= 0.3 is 5.97 Å². The van der Waals surface area contributed by atoms with Crippen LogP contribution < -0.4 is 0 Å². The van der Waals surface area contributed by atoms with Crippen LogP contribution in [0.1, 0.15) is 78.6 Å². The Bertz CT molecular complexity index is 525. The third kappa shape index (κ3) is 9.65. The summed E-state index contributed by atoms with van der Waals surface area (Å²) in [6.45, 7) is 5.43. The number of aliphatic hydroxyl groups is 2. The van der Waals surface area contributed by atoms with E-state index in [0.717, 1.165) is 44.9 Å². The van der Waals surface area contributed by atoms with Crippen molar-refractivity contribution in [1.29, 1.82) is 0 Å². The van der Waals surface area contributed by atoms with Crippen LogP contribution in [0.5, 0.6) is 0 Å². The molecule has 5 heteroatoms. The van der Waals surface area contributed by atoms with Crippen LogP contribution in [0.25, 0.3) is 0 Å². The average molecular weight is 395 g/mol. The van der Waals surface area contributed by atoms with E-state index >= 15 is 0 Å². The molecule has 5 atom stereocenters. The second-order valence-electron chi connectivity index (χ2n) is 7.93. The van der Waals surface area contributed by atoms with Crippen molar-refractivity contribution in [3.8, 4) is 0 Å². The summed E-state index contributed by atoms with van der Waals surface area (Å²) in [6.07, 6.45) is 13.7. The Morgan fingerprint density at radius 2 is 2.00 bits per heavy atom. The van der Waals surface area contributed by atoms with Crippen molar-refractivity contribution in [1.82, 2.24) is 0 Å². The van der Waals surface area contributed by atoms with E-state index in [4.69, 9.17) is 4.74 Å². The van der Waals surface area contributed by atoms with Gasteiger partial charge in [0.05, 0.1) is 18.3 Å². The van der Waals surface area contributed by atoms with Gasteiger partial charge in [-0.25, -0.2) is 0 Å². The Labute approximate surface area is 169 Å². The Balaban J connectivity index is 2.42. The number of esters is 1. The van der Waals surface area contributed by atoms with Crippen molar-refractivity contribution in [2.75, 3.05) is 0 Å². The van der Waals surface area contributed by atoms with Crippen LogP contribution >= 0.6 is 0 Å². The summed E-state index contributed by atoms with van der Waals surface area (Å²) in [6, 6.07) is 0. The molecule has 1 aliphatic carbocycles. The van der Waals surface area contributed by atoms with Crippen LogP contribution in [0.3, 0.4) is 0 Å². The lowest BCUT2D eigenvalue weighted by Crippen LogP contribution is -2.18. The van der Waals surface area contributed by atoms with E-state index in [9.17, 15) is 19.8 Å². The first-order valence-corrected chi connectivity index (χ1v) is 10.7. The summed E-state index contributed by atoms with van der Waals surface area (Å²) in [4.78, 5) is 23.1. The molecular formula is C23H38O5. The Hall–Kier alpha value is -1.46. The highest BCUT2D eigenvalue weighted by Crippen LogP contribution is 2.33. The van der Waals surface area contributed by atoms with Crippen LogP contribution in [0.15, 0.2) is 24.3 Å². The smallest absolute Gasteiger partial charge is 0.302 e. The topological polar surface area (TPSA) is 83.8 Å². The molecule has 1 fully saturated rings. The highest BCUT2D eigenvalue weighted by atomic mass is 16.5. The van der Waals surface area contributed by atoms with Crippen molar-refractivity contribution in [2.24, 2.45) is 11.8 Å². The third-order valence-corrected chi connectivity index (χ3v) is 5.30. The van der Waals surface area contributed by atoms with Crippen LogP contribution in [-0.4, -0.2) is 40.3 Å². The first-order valence-electron chi connectivity index (χ1n) is 10.7. The fourth-order valence-electron chi connectivity index (χ4n) is 3.71. The summed E-state index contributed by atoms with van der Waals surface area (Å²) < 4.78 is 5.09. The van der Waals surface area contributed by atoms with Gasteiger partial charge in [-0.2, -0.15) is 0 Å². The third-order valence-electron chi connectivity index (χ3n) is 5.30. The molecule has 0 radical (unpaired) electrons. The number of aliphatic hydroxyl groups excluding tert-OH is 2. The van der Waals surface area contributed by atoms with E-state index < -0.39 is 12.2 Å². The lowest BCUT2D eigenvalue weighted by molar-refractivity contribution is -0.145. The maximum absolute atomic E-state index is 12.2. The predicted octanol–water partition coefficient (Wildman–Crippen LogP) is 4.12. The molecule has 28 heavy (non-hydrogen) atoms. The van der Waals surface area contributed by atoms with Crippen LogP contribution in [0, 0.1) is 11.8 Å². The molecule has 0 aromatic heterocycles. The highest BCUT2D eigenvalue weighted by molar-refractivity contribution is 5.84. The minimum Gasteiger partial charge on any atom is -0.463 e. The zero-order chi connectivity index (χ0) is 20.9. The Kier molecular flexibility index (Phi) is 12.0. The normalized spacial score (nSPS) is 24.9. The van der Waals surface area contributed by atoms with Crippen molar-refractivity contribution in [3.63, 3.8) is 0 Å². The first-order chi connectivity index (χ1) is 13.3. The molecule has 0 heterocycles. The van der Waals surface area contributed by atoms with Gasteiger partial charge in [0.25, 0.3) is 0 Å². The second kappa shape index (κ2) is 13.7. The zero-order valence-electron chi connectivity index (χ0n) is 17.7. The molecule has 0 amide bonds. The first kappa shape index (κ1) is 24.6. The van der Waals surface area contributed by atoms with Crippen LogP contribution in [0.4, 0.5) is 0 Å². The summed E-state index contributed by atoms with van der Waals surface area (Å²) in [5.74, 6) is -0.598. The fraction of sp³-hybridized carbons (Fsp3) is 0.739. The Morgan fingerprint density at radius 3 is 2.68 bits per heavy atom. The number of ether oxygens (including phenoxy) is 1. The molecule has 2 N–H and O–H groups in total. The molecule has 0 aromatic carbocycles. The number of hydrogen-bond donors (Lipinski definition) is 2. The number of rotatable bonds is 13. The molecule has 0 aliphatic heterocycles. The van der Waals surface area contributed by atoms with E-state index in [1.807, 2.05) is 19.1 Å². The molecule has 0 bridgehead atoms. The van der Waals surface area contributed by atoms with E-state index in [1.165, 1.54) is 6.92 Å². The predicted molar refractivity (Wildman–Crippen MR) is 111 cm³/mol. The van der Waals surface area contributed by atoms with Gasteiger partial charge in [-0.3, -0.25) is 9.59 Å². The SMILES string of the molecule is CCCCC[C@H](O)C=C[C@H]1[C@H](O)CC(=O)[C@@H]1CC=CCCCC(C)OC(C)=O. The standard InChI is InChI=1S/C23H38O5/c1-4-5-8-12-19(25)14-15-21-20(22(26)16-23(21)27)13-10-7-6-9-11-17(2)28-18(3)24/h7,10,14-15,17,19-21,23,25,27H,4-6,8-9,11-13,16H2,1-3H3/t17?,19-,20+,21+,23+/m0/s1. The molecule has 1 saturated carbocycles. The maximum Gasteiger partial charge on any atom is 0.302 e. The minimum atomic E-state index is -0.658. The molecule has 0 spiro atoms. The van der Waals surface area contributed by atoms with Crippen molar-refractivity contribution in [3.05, 3.63) is 24.3 Å². The molecule has 5 nitrogen and oxygen atoms in total. The number of unbranched alkanes of at least 4 members (excludes halogenated alkanes) is 3. The van der Waals surface area contributed by atoms with E-state index in [1.54, 1.807) is 6.08 Å². The summed E-state index contributed by atoms with van der Waals surface area (Å²) in [7, 11) is 0. The number of carbonyl (C=O) groups is 2. The molecule has 1 rings (SSSR count). The van der Waals surface area contributed by atoms with Gasteiger partial charge in [0.15, 0.2) is 0 Å². The maximum atomic E-state index is 12.2. The van der Waals surface area contributed by atoms with Crippen molar-refractivity contribution < 1.29 is 24.5 Å². The molecule has 1 aliphatic rings. The lowest BCUT2D eigenvalue weighted by atomic mass is 9.90. The van der Waals surface area contributed by atoms with Crippen LogP contribution in [-0.2, 0) is 14.3 Å². The van der Waals surface area contributed by atoms with Gasteiger partial charge < -0.3 is 14.9 Å². The van der Waals surface area contributed by atoms with Crippen LogP contribution in [0.2, 0.25) is 0 Å². The summed E-state index contributed by atoms with van der Waals surface area (Å²) in [5, 5.41) is 20.3. The second-order valence-corrected chi connectivity index (χ2v) is 7.93. The van der Waals surface area contributed by atoms with Gasteiger partial charge in [0.2, 0.25) is 0 Å². The molecule has 0 aromatic rings. The van der Waals surface area contributed by atoms with Crippen molar-refractivity contribution >= 4 is 11.8 Å². The summed E-state index contributed by atoms with van der Waals surface area (Å²) in [5.41, 5.74) is 0. The number of Topliss-reactive ketones (excluding diaryl/α,β-unsaturated/α-hetero) is 1. The average Bonchev–Trinajstić information content (AvgIpc) is 2.88. The van der Waals surface area contributed by atoms with Crippen molar-refractivity contribution in [2.45, 2.75) is 96.9 Å². The molecule has 160 valence electrons. The van der Waals surface area contributed by atoms with Gasteiger partial charge in [-0.1, -0.05) is 50.5 Å². The van der Waals surface area contributed by atoms with E-state index in [2.05, 4.69) is 13.0 Å². The van der Waals surface area contributed by atoms with E-state index in [0.29, 0.717) is 6.42 Å². The number of carbonyl (C=O) groups excluding carboxylic acids is 2. The quantitative estimate of drug-likeness (QED) is 0.279. The molecular weight excluding hydrogens is 356 g/mol. The number of allylic oxidation sites excluding steroid dienone is 2.